The zero-order valence-electron chi connectivity index (χ0n) is 17.6. The summed E-state index contributed by atoms with van der Waals surface area (Å²) in [6.45, 7) is 4.00. The number of carbonyl (C=O) groups is 1. The number of hydrogen-bond acceptors (Lipinski definition) is 6. The minimum Gasteiger partial charge on any atom is -0.465 e. The van der Waals surface area contributed by atoms with E-state index in [-0.39, 0.29) is 11.4 Å². The Balaban J connectivity index is 0.00000141. The minimum absolute atomic E-state index is 0.0340. The van der Waals surface area contributed by atoms with Crippen molar-refractivity contribution in [3.05, 3.63) is 57.0 Å². The second-order valence-electron chi connectivity index (χ2n) is 6.75. The number of nitrogens with zero attached hydrogens (tertiary/aromatic N) is 2. The first kappa shape index (κ1) is 24.2. The predicted molar refractivity (Wildman–Crippen MR) is 122 cm³/mol. The molecule has 0 radical (unpaired) electrons. The van der Waals surface area contributed by atoms with E-state index >= 15 is 0 Å². The van der Waals surface area contributed by atoms with Gasteiger partial charge in [0.25, 0.3) is 0 Å². The summed E-state index contributed by atoms with van der Waals surface area (Å²) >= 11 is 4.83. The Labute approximate surface area is 196 Å². The lowest BCUT2D eigenvalue weighted by Gasteiger charge is -2.11. The summed E-state index contributed by atoms with van der Waals surface area (Å²) in [7, 11) is 1.10. The number of anilines is 2. The van der Waals surface area contributed by atoms with E-state index in [2.05, 4.69) is 36.0 Å². The molecule has 32 heavy (non-hydrogen) atoms. The SMILES string of the molecule is CC.COC(=O)c1cc(C(F)(F)F)cnc1Nc1nc(-c2ccc(Br)cc2)c(C2CC2)s1. The Bertz CT molecular complexity index is 1100. The molecule has 1 N–H and O–H groups in total. The third-order valence-corrected chi connectivity index (χ3v) is 6.23. The molecule has 10 heteroatoms. The van der Waals surface area contributed by atoms with Crippen LogP contribution in [0.15, 0.2) is 41.0 Å². The third kappa shape index (κ3) is 5.47. The van der Waals surface area contributed by atoms with Crippen LogP contribution in [0.3, 0.4) is 0 Å². The van der Waals surface area contributed by atoms with Crippen molar-refractivity contribution in [3.8, 4) is 11.3 Å². The Morgan fingerprint density at radius 2 is 1.88 bits per heavy atom. The maximum atomic E-state index is 13.0. The van der Waals surface area contributed by atoms with Gasteiger partial charge in [0.05, 0.1) is 18.4 Å². The van der Waals surface area contributed by atoms with Gasteiger partial charge in [0.2, 0.25) is 0 Å². The zero-order chi connectivity index (χ0) is 23.5. The predicted octanol–water partition coefficient (Wildman–Crippen LogP) is 7.42. The van der Waals surface area contributed by atoms with Crippen molar-refractivity contribution < 1.29 is 22.7 Å². The van der Waals surface area contributed by atoms with Crippen LogP contribution in [0.5, 0.6) is 0 Å². The average molecular weight is 528 g/mol. The first-order valence-electron chi connectivity index (χ1n) is 9.95. The van der Waals surface area contributed by atoms with Crippen LogP contribution in [0.2, 0.25) is 0 Å². The van der Waals surface area contributed by atoms with Crippen molar-refractivity contribution in [2.24, 2.45) is 0 Å². The molecule has 1 saturated carbocycles. The number of esters is 1. The fourth-order valence-electron chi connectivity index (χ4n) is 2.91. The first-order valence-corrected chi connectivity index (χ1v) is 11.6. The molecule has 1 aliphatic rings. The van der Waals surface area contributed by atoms with E-state index in [4.69, 9.17) is 0 Å². The number of carbonyl (C=O) groups excluding carboxylic acids is 1. The second kappa shape index (κ2) is 9.99. The van der Waals surface area contributed by atoms with E-state index in [1.54, 1.807) is 0 Å². The number of halogens is 4. The van der Waals surface area contributed by atoms with Gasteiger partial charge in [0, 0.05) is 21.1 Å². The molecule has 4 rings (SSSR count). The summed E-state index contributed by atoms with van der Waals surface area (Å²) < 4.78 is 44.7. The lowest BCUT2D eigenvalue weighted by molar-refractivity contribution is -0.137. The summed E-state index contributed by atoms with van der Waals surface area (Å²) in [6, 6.07) is 8.47. The first-order chi connectivity index (χ1) is 15.3. The van der Waals surface area contributed by atoms with Gasteiger partial charge in [0.15, 0.2) is 5.13 Å². The number of aromatic nitrogens is 2. The van der Waals surface area contributed by atoms with Crippen molar-refractivity contribution in [1.82, 2.24) is 9.97 Å². The van der Waals surface area contributed by atoms with E-state index in [1.807, 2.05) is 38.1 Å². The summed E-state index contributed by atoms with van der Waals surface area (Å²) in [5.41, 5.74) is 0.435. The van der Waals surface area contributed by atoms with Crippen molar-refractivity contribution in [2.45, 2.75) is 38.8 Å². The fourth-order valence-corrected chi connectivity index (χ4v) is 4.33. The molecule has 0 atom stereocenters. The summed E-state index contributed by atoms with van der Waals surface area (Å²) in [4.78, 5) is 21.6. The van der Waals surface area contributed by atoms with Gasteiger partial charge in [-0.3, -0.25) is 0 Å². The molecular weight excluding hydrogens is 507 g/mol. The number of methoxy groups -OCH3 is 1. The van der Waals surface area contributed by atoms with Gasteiger partial charge in [-0.15, -0.1) is 11.3 Å². The molecule has 0 unspecified atom stereocenters. The molecule has 0 aliphatic heterocycles. The lowest BCUT2D eigenvalue weighted by Crippen LogP contribution is -2.12. The van der Waals surface area contributed by atoms with Gasteiger partial charge in [-0.2, -0.15) is 13.2 Å². The molecule has 0 saturated heterocycles. The van der Waals surface area contributed by atoms with Crippen LogP contribution in [-0.4, -0.2) is 23.0 Å². The van der Waals surface area contributed by atoms with E-state index in [1.165, 1.54) is 11.3 Å². The number of hydrogen-bond donors (Lipinski definition) is 1. The fraction of sp³-hybridized carbons (Fsp3) is 0.318. The summed E-state index contributed by atoms with van der Waals surface area (Å²) in [5, 5.41) is 3.36. The minimum atomic E-state index is -4.62. The highest BCUT2D eigenvalue weighted by molar-refractivity contribution is 9.10. The molecule has 2 aromatic heterocycles. The standard InChI is InChI=1S/C20H15BrF3N3O2S.C2H6/c1-29-18(28)14-8-12(20(22,23)24)9-25-17(14)27-19-26-15(16(30-19)11-2-3-11)10-4-6-13(21)7-5-10;1-2/h4-9,11H,2-3H2,1H3,(H,25,26,27);1-2H3. The normalized spacial score (nSPS) is 13.2. The van der Waals surface area contributed by atoms with Gasteiger partial charge < -0.3 is 10.1 Å². The van der Waals surface area contributed by atoms with E-state index in [0.29, 0.717) is 17.2 Å². The molecule has 1 aromatic carbocycles. The number of alkyl halides is 3. The van der Waals surface area contributed by atoms with Gasteiger partial charge in [-0.05, 0) is 37.0 Å². The van der Waals surface area contributed by atoms with Gasteiger partial charge in [0.1, 0.15) is 11.4 Å². The maximum absolute atomic E-state index is 13.0. The highest BCUT2D eigenvalue weighted by atomic mass is 79.9. The van der Waals surface area contributed by atoms with Gasteiger partial charge >= 0.3 is 12.1 Å². The van der Waals surface area contributed by atoms with Crippen LogP contribution in [-0.2, 0) is 10.9 Å². The van der Waals surface area contributed by atoms with Crippen molar-refractivity contribution >= 4 is 44.2 Å². The zero-order valence-corrected chi connectivity index (χ0v) is 20.0. The van der Waals surface area contributed by atoms with Crippen molar-refractivity contribution in [3.63, 3.8) is 0 Å². The molecule has 0 amide bonds. The lowest BCUT2D eigenvalue weighted by atomic mass is 10.1. The highest BCUT2D eigenvalue weighted by Gasteiger charge is 2.33. The molecule has 3 aromatic rings. The van der Waals surface area contributed by atoms with Crippen LogP contribution >= 0.6 is 27.3 Å². The second-order valence-corrected chi connectivity index (χ2v) is 8.69. The Kier molecular flexibility index (Phi) is 7.55. The Hall–Kier alpha value is -2.46. The van der Waals surface area contributed by atoms with Crippen molar-refractivity contribution in [2.75, 3.05) is 12.4 Å². The topological polar surface area (TPSA) is 64.1 Å². The number of rotatable bonds is 5. The number of nitrogens with one attached hydrogen (secondary N) is 1. The van der Waals surface area contributed by atoms with Crippen LogP contribution < -0.4 is 5.32 Å². The monoisotopic (exact) mass is 527 g/mol. The number of thiazole rings is 1. The quantitative estimate of drug-likeness (QED) is 0.349. The highest BCUT2D eigenvalue weighted by Crippen LogP contribution is 2.48. The van der Waals surface area contributed by atoms with Gasteiger partial charge in [-0.25, -0.2) is 14.8 Å². The van der Waals surface area contributed by atoms with Crippen LogP contribution in [0.25, 0.3) is 11.3 Å². The Morgan fingerprint density at radius 1 is 1.22 bits per heavy atom. The summed E-state index contributed by atoms with van der Waals surface area (Å²) in [5.74, 6) is -0.533. The number of ether oxygens (including phenoxy) is 1. The molecule has 1 fully saturated rings. The van der Waals surface area contributed by atoms with E-state index < -0.39 is 17.7 Å². The smallest absolute Gasteiger partial charge is 0.417 e. The van der Waals surface area contributed by atoms with Crippen molar-refractivity contribution in [1.29, 1.82) is 0 Å². The van der Waals surface area contributed by atoms with E-state index in [9.17, 15) is 18.0 Å². The maximum Gasteiger partial charge on any atom is 0.417 e. The molecule has 0 spiro atoms. The van der Waals surface area contributed by atoms with Crippen LogP contribution in [0.1, 0.15) is 53.4 Å². The third-order valence-electron chi connectivity index (χ3n) is 4.56. The molecule has 5 nitrogen and oxygen atoms in total. The van der Waals surface area contributed by atoms with Gasteiger partial charge in [-0.1, -0.05) is 41.9 Å². The molecular formula is C22H21BrF3N3O2S. The molecule has 1 aliphatic carbocycles. The largest absolute Gasteiger partial charge is 0.465 e. The number of benzene rings is 1. The average Bonchev–Trinajstić information content (AvgIpc) is 3.55. The molecule has 2 heterocycles. The summed E-state index contributed by atoms with van der Waals surface area (Å²) in [6.07, 6.45) is -1.81. The molecule has 0 bridgehead atoms. The van der Waals surface area contributed by atoms with E-state index in [0.717, 1.165) is 46.6 Å². The van der Waals surface area contributed by atoms with Crippen LogP contribution in [0, 0.1) is 0 Å². The number of pyridine rings is 1. The molecule has 170 valence electrons. The van der Waals surface area contributed by atoms with Crippen LogP contribution in [0.4, 0.5) is 24.1 Å². The Morgan fingerprint density at radius 3 is 2.44 bits per heavy atom.